The summed E-state index contributed by atoms with van der Waals surface area (Å²) in [5.74, 6) is -1.24. The molecule has 0 amide bonds. The lowest BCUT2D eigenvalue weighted by atomic mass is 10.2. The molecule has 0 spiro atoms. The summed E-state index contributed by atoms with van der Waals surface area (Å²) < 4.78 is 10.8. The first-order valence-electron chi connectivity index (χ1n) is 4.65. The standard InChI is InChI=1S/C9H10Cl2NO5P/c10-7-3-6(12-8(11)9(13)14)2-1-5(7)4-18(15,16)17/h1-3,8,12H,4H2,(H,13,14)(H2,15,16,17). The number of nitrogens with one attached hydrogen (secondary N) is 1. The number of carbonyl (C=O) groups is 1. The average Bonchev–Trinajstić information content (AvgIpc) is 2.20. The Morgan fingerprint density at radius 3 is 2.50 bits per heavy atom. The Kier molecular flexibility index (Phi) is 5.01. The molecule has 0 radical (unpaired) electrons. The Morgan fingerprint density at radius 1 is 1.44 bits per heavy atom. The largest absolute Gasteiger partial charge is 0.479 e. The van der Waals surface area contributed by atoms with E-state index in [9.17, 15) is 9.36 Å². The second kappa shape index (κ2) is 5.91. The van der Waals surface area contributed by atoms with Crippen LogP contribution in [0.2, 0.25) is 5.02 Å². The van der Waals surface area contributed by atoms with E-state index in [1.807, 2.05) is 0 Å². The lowest BCUT2D eigenvalue weighted by molar-refractivity contribution is -0.136. The summed E-state index contributed by atoms with van der Waals surface area (Å²) in [7, 11) is -4.20. The molecule has 0 aliphatic rings. The lowest BCUT2D eigenvalue weighted by Gasteiger charge is -2.11. The number of benzene rings is 1. The van der Waals surface area contributed by atoms with Crippen LogP contribution in [0.25, 0.3) is 0 Å². The molecule has 0 heterocycles. The van der Waals surface area contributed by atoms with Crippen molar-refractivity contribution in [3.63, 3.8) is 0 Å². The predicted octanol–water partition coefficient (Wildman–Crippen LogP) is 2.08. The third-order valence-electron chi connectivity index (χ3n) is 1.94. The Morgan fingerprint density at radius 2 is 2.06 bits per heavy atom. The number of carboxylic acid groups (broad SMARTS) is 1. The monoisotopic (exact) mass is 313 g/mol. The van der Waals surface area contributed by atoms with Gasteiger partial charge in [0, 0.05) is 10.7 Å². The molecule has 0 saturated heterocycles. The maximum Gasteiger partial charge on any atom is 0.341 e. The van der Waals surface area contributed by atoms with Crippen molar-refractivity contribution in [1.82, 2.24) is 0 Å². The minimum absolute atomic E-state index is 0.123. The third-order valence-corrected chi connectivity index (χ3v) is 3.34. The van der Waals surface area contributed by atoms with Crippen LogP contribution in [0.4, 0.5) is 5.69 Å². The molecule has 0 aliphatic heterocycles. The van der Waals surface area contributed by atoms with Crippen molar-refractivity contribution in [2.75, 3.05) is 5.32 Å². The third kappa shape index (κ3) is 4.84. The van der Waals surface area contributed by atoms with Gasteiger partial charge in [0.1, 0.15) is 0 Å². The number of rotatable bonds is 5. The summed E-state index contributed by atoms with van der Waals surface area (Å²) in [6.07, 6.45) is -0.477. The summed E-state index contributed by atoms with van der Waals surface area (Å²) in [6, 6.07) is 4.19. The van der Waals surface area contributed by atoms with E-state index in [0.29, 0.717) is 5.69 Å². The first kappa shape index (κ1) is 15.3. The van der Waals surface area contributed by atoms with Gasteiger partial charge >= 0.3 is 13.6 Å². The molecule has 0 aromatic heterocycles. The molecular weight excluding hydrogens is 304 g/mol. The van der Waals surface area contributed by atoms with Crippen LogP contribution in [-0.2, 0) is 15.5 Å². The molecule has 100 valence electrons. The Hall–Kier alpha value is -0.780. The van der Waals surface area contributed by atoms with Crippen molar-refractivity contribution in [2.45, 2.75) is 11.7 Å². The summed E-state index contributed by atoms with van der Waals surface area (Å²) >= 11 is 11.3. The first-order chi connectivity index (χ1) is 8.19. The van der Waals surface area contributed by atoms with Crippen LogP contribution >= 0.6 is 30.8 Å². The Balaban J connectivity index is 2.86. The summed E-state index contributed by atoms with van der Waals surface area (Å²) in [5, 5.41) is 11.2. The molecule has 0 fully saturated rings. The van der Waals surface area contributed by atoms with Crippen molar-refractivity contribution < 1.29 is 24.3 Å². The van der Waals surface area contributed by atoms with Gasteiger partial charge < -0.3 is 20.2 Å². The number of hydrogen-bond donors (Lipinski definition) is 4. The maximum atomic E-state index is 10.8. The zero-order valence-electron chi connectivity index (χ0n) is 8.88. The minimum atomic E-state index is -4.20. The SMILES string of the molecule is O=C(O)C(Cl)Nc1ccc(CP(=O)(O)O)c(Cl)c1. The lowest BCUT2D eigenvalue weighted by Crippen LogP contribution is -2.22. The number of alkyl halides is 1. The van der Waals surface area contributed by atoms with Gasteiger partial charge in [-0.2, -0.15) is 0 Å². The molecular formula is C9H10Cl2NO5P. The number of aliphatic carboxylic acids is 1. The molecule has 0 aliphatic carbocycles. The average molecular weight is 314 g/mol. The summed E-state index contributed by atoms with van der Waals surface area (Å²) in [6.45, 7) is 0. The first-order valence-corrected chi connectivity index (χ1v) is 7.26. The molecule has 9 heteroatoms. The zero-order chi connectivity index (χ0) is 13.9. The molecule has 18 heavy (non-hydrogen) atoms. The molecule has 6 nitrogen and oxygen atoms in total. The van der Waals surface area contributed by atoms with Gasteiger partial charge in [-0.05, 0) is 17.7 Å². The fourth-order valence-corrected chi connectivity index (χ4v) is 2.38. The van der Waals surface area contributed by atoms with Gasteiger partial charge in [0.25, 0.3) is 0 Å². The fraction of sp³-hybridized carbons (Fsp3) is 0.222. The van der Waals surface area contributed by atoms with Crippen molar-refractivity contribution in [2.24, 2.45) is 0 Å². The second-order valence-corrected chi connectivity index (χ2v) is 5.96. The highest BCUT2D eigenvalue weighted by Gasteiger charge is 2.17. The van der Waals surface area contributed by atoms with Crippen LogP contribution < -0.4 is 5.32 Å². The maximum absolute atomic E-state index is 10.8. The summed E-state index contributed by atoms with van der Waals surface area (Å²) in [4.78, 5) is 28.2. The van der Waals surface area contributed by atoms with E-state index in [1.54, 1.807) is 0 Å². The number of hydrogen-bond acceptors (Lipinski definition) is 3. The van der Waals surface area contributed by atoms with Crippen molar-refractivity contribution >= 4 is 42.5 Å². The smallest absolute Gasteiger partial charge is 0.341 e. The van der Waals surface area contributed by atoms with E-state index < -0.39 is 25.2 Å². The Bertz CT molecular complexity index is 504. The normalized spacial score (nSPS) is 13.1. The number of carboxylic acids is 1. The number of halogens is 2. The van der Waals surface area contributed by atoms with E-state index in [1.165, 1.54) is 18.2 Å². The van der Waals surface area contributed by atoms with Crippen LogP contribution in [0.3, 0.4) is 0 Å². The van der Waals surface area contributed by atoms with Gasteiger partial charge in [-0.3, -0.25) is 4.57 Å². The molecule has 0 saturated carbocycles. The van der Waals surface area contributed by atoms with Crippen molar-refractivity contribution in [3.05, 3.63) is 28.8 Å². The highest BCUT2D eigenvalue weighted by Crippen LogP contribution is 2.41. The Labute approximate surface area is 113 Å². The van der Waals surface area contributed by atoms with Crippen LogP contribution in [0.15, 0.2) is 18.2 Å². The molecule has 4 N–H and O–H groups in total. The molecule has 1 rings (SSSR count). The van der Waals surface area contributed by atoms with Crippen molar-refractivity contribution in [3.8, 4) is 0 Å². The van der Waals surface area contributed by atoms with Crippen LogP contribution in [-0.4, -0.2) is 26.4 Å². The topological polar surface area (TPSA) is 107 Å². The van der Waals surface area contributed by atoms with E-state index in [4.69, 9.17) is 38.1 Å². The van der Waals surface area contributed by atoms with Gasteiger partial charge in [-0.1, -0.05) is 29.3 Å². The van der Waals surface area contributed by atoms with E-state index in [-0.39, 0.29) is 10.6 Å². The molecule has 1 atom stereocenters. The zero-order valence-corrected chi connectivity index (χ0v) is 11.3. The predicted molar refractivity (Wildman–Crippen MR) is 68.1 cm³/mol. The van der Waals surface area contributed by atoms with Gasteiger partial charge in [0.15, 0.2) is 5.50 Å². The van der Waals surface area contributed by atoms with E-state index in [0.717, 1.165) is 0 Å². The van der Waals surface area contributed by atoms with Crippen LogP contribution in [0.5, 0.6) is 0 Å². The second-order valence-electron chi connectivity index (χ2n) is 3.47. The van der Waals surface area contributed by atoms with E-state index in [2.05, 4.69) is 5.32 Å². The number of anilines is 1. The molecule has 1 aromatic carbocycles. The molecule has 1 unspecified atom stereocenters. The van der Waals surface area contributed by atoms with Gasteiger partial charge in [-0.15, -0.1) is 0 Å². The van der Waals surface area contributed by atoms with Crippen LogP contribution in [0, 0.1) is 0 Å². The quantitative estimate of drug-likeness (QED) is 0.377. The molecule has 0 bridgehead atoms. The minimum Gasteiger partial charge on any atom is -0.479 e. The van der Waals surface area contributed by atoms with Gasteiger partial charge in [-0.25, -0.2) is 4.79 Å². The fourth-order valence-electron chi connectivity index (χ4n) is 1.20. The van der Waals surface area contributed by atoms with Crippen LogP contribution in [0.1, 0.15) is 5.56 Å². The molecule has 1 aromatic rings. The van der Waals surface area contributed by atoms with E-state index >= 15 is 0 Å². The van der Waals surface area contributed by atoms with Gasteiger partial charge in [0.05, 0.1) is 6.16 Å². The highest BCUT2D eigenvalue weighted by atomic mass is 35.5. The highest BCUT2D eigenvalue weighted by molar-refractivity contribution is 7.50. The summed E-state index contributed by atoms with van der Waals surface area (Å²) in [5.41, 5.74) is -0.692. The van der Waals surface area contributed by atoms with Crippen molar-refractivity contribution in [1.29, 1.82) is 0 Å². The van der Waals surface area contributed by atoms with Gasteiger partial charge in [0.2, 0.25) is 0 Å².